The topological polar surface area (TPSA) is 96.9 Å². The van der Waals surface area contributed by atoms with Crippen LogP contribution in [0.2, 0.25) is 0 Å². The van der Waals surface area contributed by atoms with Gasteiger partial charge in [-0.3, -0.25) is 9.59 Å². The van der Waals surface area contributed by atoms with E-state index in [1.807, 2.05) is 55.5 Å². The van der Waals surface area contributed by atoms with Crippen molar-refractivity contribution in [3.8, 4) is 5.75 Å². The zero-order chi connectivity index (χ0) is 23.7. The Hall–Kier alpha value is -2.90. The maximum absolute atomic E-state index is 12.8. The lowest BCUT2D eigenvalue weighted by molar-refractivity contribution is -0.142. The lowest BCUT2D eigenvalue weighted by Gasteiger charge is -2.37. The Kier molecular flexibility index (Phi) is 6.57. The molecule has 7 nitrogen and oxygen atoms in total. The van der Waals surface area contributed by atoms with Crippen LogP contribution in [0.25, 0.3) is 0 Å². The smallest absolute Gasteiger partial charge is 0.227 e. The Morgan fingerprint density at radius 2 is 1.94 bits per heavy atom. The van der Waals surface area contributed by atoms with E-state index in [1.165, 1.54) is 0 Å². The van der Waals surface area contributed by atoms with Crippen LogP contribution in [-0.4, -0.2) is 41.8 Å². The van der Waals surface area contributed by atoms with Crippen molar-refractivity contribution in [1.29, 1.82) is 0 Å². The molecule has 0 spiro atoms. The van der Waals surface area contributed by atoms with Gasteiger partial charge in [0.2, 0.25) is 11.8 Å². The standard InChI is InChI=1S/C27H32N2O5/c1-16(17-6-3-2-4-7-17)28-25(31)14-20-13-22-21-12-19(29-27(32)18-8-5-9-18)10-11-23(21)34-26(22)24(15-30)33-20/h2-4,6-7,10-12,16,18,20,22,24,26,30H,5,8-9,13-15H2,1H3,(H,28,31)(H,29,32)/t16-,20+,22-,24+,26+/m0/s1. The van der Waals surface area contributed by atoms with E-state index in [0.717, 1.165) is 41.8 Å². The van der Waals surface area contributed by atoms with E-state index < -0.39 is 6.10 Å². The van der Waals surface area contributed by atoms with Crippen LogP contribution < -0.4 is 15.4 Å². The van der Waals surface area contributed by atoms with Crippen molar-refractivity contribution in [2.45, 2.75) is 69.3 Å². The zero-order valence-corrected chi connectivity index (χ0v) is 19.4. The molecule has 5 rings (SSSR count). The Bertz CT molecular complexity index is 1040. The Labute approximate surface area is 199 Å². The van der Waals surface area contributed by atoms with E-state index in [0.29, 0.717) is 6.42 Å². The maximum Gasteiger partial charge on any atom is 0.227 e. The quantitative estimate of drug-likeness (QED) is 0.581. The molecule has 1 saturated heterocycles. The molecule has 2 aromatic rings. The van der Waals surface area contributed by atoms with Crippen molar-refractivity contribution >= 4 is 17.5 Å². The molecule has 3 aliphatic rings. The molecule has 7 heteroatoms. The fourth-order valence-corrected chi connectivity index (χ4v) is 5.21. The fraction of sp³-hybridized carbons (Fsp3) is 0.481. The van der Waals surface area contributed by atoms with Crippen LogP contribution in [0, 0.1) is 5.92 Å². The molecule has 2 heterocycles. The van der Waals surface area contributed by atoms with Crippen LogP contribution >= 0.6 is 0 Å². The summed E-state index contributed by atoms with van der Waals surface area (Å²) < 4.78 is 12.2. The average Bonchev–Trinajstić information content (AvgIpc) is 3.16. The highest BCUT2D eigenvalue weighted by atomic mass is 16.6. The predicted molar refractivity (Wildman–Crippen MR) is 128 cm³/mol. The zero-order valence-electron chi connectivity index (χ0n) is 19.4. The SMILES string of the molecule is C[C@H](NC(=O)C[C@H]1C[C@H]2c3cc(NC(=O)C4CCC4)ccc3O[C@H]2[C@@H](CO)O1)c1ccccc1. The average molecular weight is 465 g/mol. The molecule has 2 fully saturated rings. The van der Waals surface area contributed by atoms with E-state index in [4.69, 9.17) is 9.47 Å². The summed E-state index contributed by atoms with van der Waals surface area (Å²) in [7, 11) is 0. The van der Waals surface area contributed by atoms with Gasteiger partial charge in [0.1, 0.15) is 18.0 Å². The third-order valence-corrected chi connectivity index (χ3v) is 7.33. The molecule has 3 N–H and O–H groups in total. The normalized spacial score (nSPS) is 26.4. The van der Waals surface area contributed by atoms with E-state index in [1.54, 1.807) is 0 Å². The first-order valence-electron chi connectivity index (χ1n) is 12.2. The van der Waals surface area contributed by atoms with Crippen LogP contribution in [0.1, 0.15) is 62.1 Å². The minimum absolute atomic E-state index is 0.00852. The van der Waals surface area contributed by atoms with Gasteiger partial charge in [0.05, 0.1) is 25.2 Å². The monoisotopic (exact) mass is 464 g/mol. The van der Waals surface area contributed by atoms with Gasteiger partial charge in [-0.2, -0.15) is 0 Å². The first-order valence-corrected chi connectivity index (χ1v) is 12.2. The third kappa shape index (κ3) is 4.68. The lowest BCUT2D eigenvalue weighted by atomic mass is 9.83. The molecule has 180 valence electrons. The van der Waals surface area contributed by atoms with E-state index in [2.05, 4.69) is 10.6 Å². The number of hydrogen-bond donors (Lipinski definition) is 3. The molecule has 1 saturated carbocycles. The molecule has 2 amide bonds. The molecule has 5 atom stereocenters. The van der Waals surface area contributed by atoms with Crippen molar-refractivity contribution in [2.24, 2.45) is 5.92 Å². The number of aliphatic hydroxyl groups is 1. The maximum atomic E-state index is 12.8. The van der Waals surface area contributed by atoms with Gasteiger partial charge in [0.25, 0.3) is 0 Å². The summed E-state index contributed by atoms with van der Waals surface area (Å²) in [5, 5.41) is 16.1. The van der Waals surface area contributed by atoms with Gasteiger partial charge in [-0.05, 0) is 49.9 Å². The number of carbonyl (C=O) groups excluding carboxylic acids is 2. The van der Waals surface area contributed by atoms with Crippen LogP contribution in [0.5, 0.6) is 5.75 Å². The number of nitrogens with one attached hydrogen (secondary N) is 2. The second-order valence-electron chi connectivity index (χ2n) is 9.68. The van der Waals surface area contributed by atoms with Crippen molar-refractivity contribution in [2.75, 3.05) is 11.9 Å². The lowest BCUT2D eigenvalue weighted by Crippen LogP contribution is -2.47. The van der Waals surface area contributed by atoms with Gasteiger partial charge in [-0.25, -0.2) is 0 Å². The first-order chi connectivity index (χ1) is 16.5. The van der Waals surface area contributed by atoms with Crippen LogP contribution in [0.15, 0.2) is 48.5 Å². The van der Waals surface area contributed by atoms with Crippen molar-refractivity contribution in [1.82, 2.24) is 5.32 Å². The Morgan fingerprint density at radius 3 is 2.65 bits per heavy atom. The van der Waals surface area contributed by atoms with Gasteiger partial charge >= 0.3 is 0 Å². The number of carbonyl (C=O) groups is 2. The summed E-state index contributed by atoms with van der Waals surface area (Å²) in [6.07, 6.45) is 2.69. The van der Waals surface area contributed by atoms with Crippen molar-refractivity contribution in [3.63, 3.8) is 0 Å². The van der Waals surface area contributed by atoms with Gasteiger partial charge in [0, 0.05) is 23.1 Å². The van der Waals surface area contributed by atoms with E-state index in [-0.39, 0.29) is 54.9 Å². The van der Waals surface area contributed by atoms with Gasteiger partial charge in [0.15, 0.2) is 0 Å². The number of anilines is 1. The first kappa shape index (κ1) is 22.9. The summed E-state index contributed by atoms with van der Waals surface area (Å²) >= 11 is 0. The number of benzene rings is 2. The minimum atomic E-state index is -0.511. The molecule has 0 unspecified atom stereocenters. The molecular formula is C27H32N2O5. The number of aliphatic hydroxyl groups excluding tert-OH is 1. The number of fused-ring (bicyclic) bond motifs is 3. The molecule has 34 heavy (non-hydrogen) atoms. The third-order valence-electron chi connectivity index (χ3n) is 7.33. The summed E-state index contributed by atoms with van der Waals surface area (Å²) in [5.74, 6) is 0.841. The Morgan fingerprint density at radius 1 is 1.15 bits per heavy atom. The van der Waals surface area contributed by atoms with Gasteiger partial charge < -0.3 is 25.2 Å². The van der Waals surface area contributed by atoms with E-state index in [9.17, 15) is 14.7 Å². The van der Waals surface area contributed by atoms with Crippen molar-refractivity contribution < 1.29 is 24.2 Å². The van der Waals surface area contributed by atoms with Crippen molar-refractivity contribution in [3.05, 3.63) is 59.7 Å². The number of hydrogen-bond acceptors (Lipinski definition) is 5. The van der Waals surface area contributed by atoms with Crippen LogP contribution in [-0.2, 0) is 14.3 Å². The highest BCUT2D eigenvalue weighted by Gasteiger charge is 2.46. The molecule has 2 aromatic carbocycles. The molecular weight excluding hydrogens is 432 g/mol. The molecule has 0 aromatic heterocycles. The highest BCUT2D eigenvalue weighted by Crippen LogP contribution is 2.47. The second-order valence-corrected chi connectivity index (χ2v) is 9.68. The summed E-state index contributed by atoms with van der Waals surface area (Å²) in [6, 6.07) is 15.4. The summed E-state index contributed by atoms with van der Waals surface area (Å²) in [6.45, 7) is 1.78. The molecule has 0 radical (unpaired) electrons. The van der Waals surface area contributed by atoms with Gasteiger partial charge in [-0.1, -0.05) is 36.8 Å². The molecule has 2 aliphatic heterocycles. The fourth-order valence-electron chi connectivity index (χ4n) is 5.21. The Balaban J connectivity index is 1.26. The van der Waals surface area contributed by atoms with Crippen LogP contribution in [0.4, 0.5) is 5.69 Å². The number of ether oxygens (including phenoxy) is 2. The molecule has 1 aliphatic carbocycles. The van der Waals surface area contributed by atoms with Gasteiger partial charge in [-0.15, -0.1) is 0 Å². The van der Waals surface area contributed by atoms with E-state index >= 15 is 0 Å². The number of amides is 2. The second kappa shape index (κ2) is 9.76. The predicted octanol–water partition coefficient (Wildman–Crippen LogP) is 3.69. The minimum Gasteiger partial charge on any atom is -0.487 e. The number of rotatable bonds is 7. The highest BCUT2D eigenvalue weighted by molar-refractivity contribution is 5.93. The summed E-state index contributed by atoms with van der Waals surface area (Å²) in [5.41, 5.74) is 2.81. The summed E-state index contributed by atoms with van der Waals surface area (Å²) in [4.78, 5) is 25.2. The molecule has 0 bridgehead atoms. The van der Waals surface area contributed by atoms with Crippen LogP contribution in [0.3, 0.4) is 0 Å². The largest absolute Gasteiger partial charge is 0.487 e.